The number of ketones is 2. The predicted molar refractivity (Wildman–Crippen MR) is 474 cm³/mol. The number of hydrogen-bond donors (Lipinski definition) is 7. The first kappa shape index (κ1) is 109. The van der Waals surface area contributed by atoms with E-state index in [9.17, 15) is 66.5 Å². The van der Waals surface area contributed by atoms with Gasteiger partial charge in [-0.15, -0.1) is 46.2 Å². The van der Waals surface area contributed by atoms with E-state index in [4.69, 9.17) is 55.7 Å². The Balaban J connectivity index is 0.000000628. The monoisotopic (exact) mass is 2070 g/mol. The maximum atomic E-state index is 13.8. The molecule has 5 aromatic rings. The summed E-state index contributed by atoms with van der Waals surface area (Å²) in [6, 6.07) is 7.15. The van der Waals surface area contributed by atoms with Crippen molar-refractivity contribution in [3.05, 3.63) is 129 Å². The molecule has 2 fully saturated rings. The van der Waals surface area contributed by atoms with Crippen LogP contribution in [0.4, 0.5) is 46.1 Å². The Morgan fingerprint density at radius 1 is 0.774 bits per heavy atom. The molecule has 4 atom stereocenters. The van der Waals surface area contributed by atoms with Crippen LogP contribution in [0, 0.1) is 18.8 Å². The van der Waals surface area contributed by atoms with Gasteiger partial charge in [0.25, 0.3) is 12.1 Å². The van der Waals surface area contributed by atoms with Crippen molar-refractivity contribution in [3.63, 3.8) is 0 Å². The van der Waals surface area contributed by atoms with E-state index in [1.54, 1.807) is 107 Å². The van der Waals surface area contributed by atoms with E-state index < -0.39 is 98.5 Å². The van der Waals surface area contributed by atoms with Gasteiger partial charge in [0.05, 0.1) is 78.4 Å². The molecule has 124 heavy (non-hydrogen) atoms. The number of benzene rings is 1. The number of nitrogen functional groups attached to an aromatic ring is 3. The average Bonchev–Trinajstić information content (AvgIpc) is 1.51. The van der Waals surface area contributed by atoms with Crippen LogP contribution in [-0.4, -0.2) is 231 Å². The molecule has 36 nitrogen and oxygen atoms in total. The normalized spacial score (nSPS) is 16.3. The van der Waals surface area contributed by atoms with E-state index in [0.717, 1.165) is 32.8 Å². The Bertz CT molecular complexity index is 4750. The number of aliphatic carboxylic acids is 3. The summed E-state index contributed by atoms with van der Waals surface area (Å²) < 4.78 is 56.9. The molecule has 0 aliphatic carbocycles. The molecular weight excluding hydrogens is 1970 g/mol. The number of quaternary nitrogens is 1. The summed E-state index contributed by atoms with van der Waals surface area (Å²) in [4.78, 5) is 159. The van der Waals surface area contributed by atoms with Crippen molar-refractivity contribution in [2.45, 2.75) is 155 Å². The number of nitrogens with two attached hydrogens (primary N) is 4. The molecular formula is C77H102BF3I2N17O19S4V. The molecule has 8 heterocycles. The van der Waals surface area contributed by atoms with E-state index >= 15 is 0 Å². The number of rotatable bonds is 33. The molecule has 3 amide bonds. The number of hydrogen-bond acceptors (Lipinski definition) is 34. The van der Waals surface area contributed by atoms with Gasteiger partial charge in [0.2, 0.25) is 23.0 Å². The van der Waals surface area contributed by atoms with Crippen molar-refractivity contribution in [2.24, 2.45) is 22.1 Å². The molecule has 2 unspecified atom stereocenters. The first-order valence-electron chi connectivity index (χ1n) is 37.3. The standard InChI is InChI=1S/C33H38IN3O8S2.C27H33N9O7S2.C12H21N5O2.C3H7I.C2HF3O2.B.V.H2/c1-19-35-24(18-46-19)26(36-45-33(5,6)31(41)44-32(2,3)4)25(38)15-23-28(39)37-27(21(9-8-14-34)17-47-29(23)37)30(40)43-16-20-10-12-22(42-7)13-11-20;1-27(2,25(41)42)43-34-19(17-12-45-26(29)33-17)18(37)9-15-22(38)36-20(24(39)40)14(11-44-23(15)36)5-4-8-35-10-16(21(28)32-13-35)31-7-6-30-3;1-12(2,3)19-11(18)17(4)6-5-15-9-7-14-8-16-10(9)13;1-2-3-4;3-2(4,5)1(6)7;;;/h8-13,18,23,29H,14-17H2,1-7H3;4-5,10,12-13,15,23,28,30-31H,6-9,11H2,1-3H3,(H4,29,33,39,40,41,42);7-8,15H,5-6H2,1-4H3,(H2,13,14,16);2-3H2,1H3;(H,6,7);;;1H/b9-8+,36-26-;5-4+,34-19-;;;;;;/t23-,29?;15-,23?;;;;;;/m11....../s1. The summed E-state index contributed by atoms with van der Waals surface area (Å²) in [5.41, 5.74) is 15.9. The zero-order valence-corrected chi connectivity index (χ0v) is 79.6. The van der Waals surface area contributed by atoms with E-state index in [0.29, 0.717) is 76.8 Å². The summed E-state index contributed by atoms with van der Waals surface area (Å²) >= 11 is 9.72. The number of oxime groups is 2. The number of carbonyl (C=O) groups excluding carboxylic acids is 9. The van der Waals surface area contributed by atoms with Gasteiger partial charge in [0, 0.05) is 88.1 Å². The fourth-order valence-corrected chi connectivity index (χ4v) is 14.5. The summed E-state index contributed by atoms with van der Waals surface area (Å²) in [7, 11) is 5.22. The fourth-order valence-electron chi connectivity index (χ4n) is 10.3. The van der Waals surface area contributed by atoms with Crippen molar-refractivity contribution in [2.75, 3.05) is 95.6 Å². The molecule has 1 aromatic carbocycles. The zero-order chi connectivity index (χ0) is 91.4. The van der Waals surface area contributed by atoms with Gasteiger partial charge in [0.15, 0.2) is 28.1 Å². The molecule has 0 saturated carbocycles. The largest absolute Gasteiger partial charge is 0.543 e. The summed E-state index contributed by atoms with van der Waals surface area (Å²) in [5.74, 6) is -8.56. The van der Waals surface area contributed by atoms with Crippen LogP contribution in [0.25, 0.3) is 0 Å². The number of esters is 2. The zero-order valence-electron chi connectivity index (χ0n) is 70.7. The Labute approximate surface area is 774 Å². The number of aromatic nitrogens is 6. The molecule has 676 valence electrons. The van der Waals surface area contributed by atoms with Gasteiger partial charge in [-0.05, 0) is 127 Å². The van der Waals surface area contributed by atoms with Crippen molar-refractivity contribution in [3.8, 4) is 5.75 Å². The van der Waals surface area contributed by atoms with E-state index in [1.165, 1.54) is 94.9 Å². The van der Waals surface area contributed by atoms with Crippen LogP contribution in [0.2, 0.25) is 0 Å². The van der Waals surface area contributed by atoms with Gasteiger partial charge in [-0.1, -0.05) is 92.8 Å². The van der Waals surface area contributed by atoms with Gasteiger partial charge in [-0.3, -0.25) is 29.0 Å². The van der Waals surface area contributed by atoms with Crippen molar-refractivity contribution in [1.29, 1.82) is 0 Å². The Morgan fingerprint density at radius 3 is 1.77 bits per heavy atom. The van der Waals surface area contributed by atoms with Crippen LogP contribution in [-0.2, 0) is 98.7 Å². The Hall–Kier alpha value is -9.20. The van der Waals surface area contributed by atoms with Crippen LogP contribution < -0.4 is 52.7 Å². The summed E-state index contributed by atoms with van der Waals surface area (Å²) in [5, 5.41) is 49.4. The van der Waals surface area contributed by atoms with E-state index in [1.807, 2.05) is 45.3 Å². The maximum Gasteiger partial charge on any atom is 0.430 e. The molecule has 4 radical (unpaired) electrons. The Morgan fingerprint density at radius 2 is 1.29 bits per heavy atom. The SMILES string of the molecule is CCCI.CN(CCNc1cncnc1N)C(=O)OC(C)(C)C.COc1ccc(COC(=O)C2=C(/C=C/CI)CSC3[C@H](CC(=O)/C(=N\OC(C)(C)C(=O)OC(C)(C)C)c4csc(C)n4)C(=O)N23)cc1.C[NH2+]CCNc1c[n+](C/C=C/C2=C(C(=O)[O-])N3C(=O)[C@@H](CC(=O)/C(=N\OC(C)(C)C(=O)O)c4csc(N)n4)C3SC2)cnc1N.O=C([O-])C(F)(F)F.[B].[HH].[V]. The molecule has 11 N–H and O–H groups in total. The maximum absolute atomic E-state index is 13.8. The van der Waals surface area contributed by atoms with Gasteiger partial charge >= 0.3 is 30.2 Å². The van der Waals surface area contributed by atoms with E-state index in [-0.39, 0.29) is 105 Å². The topological polar surface area (TPSA) is 514 Å². The molecule has 2 saturated heterocycles. The van der Waals surface area contributed by atoms with Gasteiger partial charge < -0.3 is 91.6 Å². The van der Waals surface area contributed by atoms with E-state index in [2.05, 4.69) is 98.0 Å². The number of alkyl halides is 5. The number of carbonyl (C=O) groups is 10. The number of amides is 3. The number of methoxy groups -OCH3 is 1. The number of nitrogens with one attached hydrogen (secondary N) is 2. The third-order valence-corrected chi connectivity index (χ3v) is 22.3. The Kier molecular flexibility index (Phi) is 44.1. The third-order valence-electron chi connectivity index (χ3n) is 16.6. The number of carboxylic acid groups (broad SMARTS) is 3. The number of Topliss-reactive ketones (excluding diaryl/α,β-unsaturated/α-hetero) is 2. The minimum atomic E-state index is -5.19. The molecule has 0 spiro atoms. The minimum Gasteiger partial charge on any atom is -0.543 e. The molecule has 0 bridgehead atoms. The van der Waals surface area contributed by atoms with Gasteiger partial charge in [-0.2, -0.15) is 13.2 Å². The molecule has 4 aliphatic heterocycles. The first-order chi connectivity index (χ1) is 57.1. The van der Waals surface area contributed by atoms with Crippen molar-refractivity contribution >= 4 is 199 Å². The molecule has 4 aliphatic rings. The number of fused-ring (bicyclic) bond motifs is 2. The molecule has 9 rings (SSSR count). The second-order valence-electron chi connectivity index (χ2n) is 29.5. The second kappa shape index (κ2) is 50.2. The number of aryl methyl sites for hydroxylation is 1. The number of ether oxygens (including phenoxy) is 4. The number of anilines is 5. The van der Waals surface area contributed by atoms with Crippen molar-refractivity contribution < 1.29 is 135 Å². The number of thioether (sulfide) groups is 2. The quantitative estimate of drug-likeness (QED) is 0.00240. The number of carboxylic acids is 3. The first-order valence-corrected chi connectivity index (χ1v) is 44.2. The van der Waals surface area contributed by atoms with Crippen LogP contribution in [0.3, 0.4) is 0 Å². The predicted octanol–water partition coefficient (Wildman–Crippen LogP) is 6.04. The summed E-state index contributed by atoms with van der Waals surface area (Å²) in [6.07, 6.45) is 8.69. The number of likely N-dealkylation sites (N-methyl/N-ethyl adjacent to an activating group) is 2. The molecule has 4 aromatic heterocycles. The summed E-state index contributed by atoms with van der Waals surface area (Å²) in [6.45, 7) is 23.1. The second-order valence-corrected chi connectivity index (χ2v) is 35.7. The van der Waals surface area contributed by atoms with Crippen LogP contribution in [0.15, 0.2) is 117 Å². The van der Waals surface area contributed by atoms with Gasteiger partial charge in [0.1, 0.15) is 77.2 Å². The van der Waals surface area contributed by atoms with Crippen LogP contribution >= 0.6 is 91.4 Å². The number of allylic oxidation sites excluding steroid dienone is 4. The minimum absolute atomic E-state index is 0. The fraction of sp³-hybridized carbons (Fsp3) is 0.481. The molecule has 47 heteroatoms. The number of halogens is 5. The van der Waals surface area contributed by atoms with Crippen LogP contribution in [0.5, 0.6) is 5.75 Å². The number of β-lactam (4-membered cyclic amide) rings is 2. The average molecular weight is 2070 g/mol. The smallest absolute Gasteiger partial charge is 0.430 e. The van der Waals surface area contributed by atoms with Crippen molar-refractivity contribution in [1.82, 2.24) is 39.6 Å². The third kappa shape index (κ3) is 33.3. The number of nitrogens with zero attached hydrogens (tertiary/aromatic N) is 11. The number of thiazole rings is 2. The van der Waals surface area contributed by atoms with Gasteiger partial charge in [-0.25, -0.2) is 43.7 Å². The van der Waals surface area contributed by atoms with Crippen LogP contribution in [0.1, 0.15) is 119 Å².